The number of aromatic nitrogens is 2. The minimum atomic E-state index is -0.480. The third kappa shape index (κ3) is 2.47. The molecule has 0 amide bonds. The van der Waals surface area contributed by atoms with Crippen molar-refractivity contribution in [2.24, 2.45) is 18.4 Å². The molecule has 2 aromatic rings. The summed E-state index contributed by atoms with van der Waals surface area (Å²) >= 11 is 0. The Labute approximate surface area is 172 Å². The topological polar surface area (TPSA) is 53.4 Å². The first-order valence-electron chi connectivity index (χ1n) is 10.7. The second-order valence-electron chi connectivity index (χ2n) is 9.67. The SMILES string of the molecule is Cn1nc2c(c1C(=O)c1ccccc1)CCC1C(C)(C)C3(CC[C@]21C)OCCO3. The number of aryl methyl sites for hydroxylation is 1. The number of ketones is 1. The zero-order chi connectivity index (χ0) is 20.4. The molecule has 1 aromatic carbocycles. The van der Waals surface area contributed by atoms with E-state index in [1.165, 1.54) is 0 Å². The Hall–Kier alpha value is -1.98. The van der Waals surface area contributed by atoms with Crippen LogP contribution in [0.2, 0.25) is 0 Å². The van der Waals surface area contributed by atoms with E-state index in [-0.39, 0.29) is 16.6 Å². The first-order chi connectivity index (χ1) is 13.8. The lowest BCUT2D eigenvalue weighted by Gasteiger charge is -2.59. The lowest BCUT2D eigenvalue weighted by atomic mass is 9.49. The molecular weight excluding hydrogens is 364 g/mol. The molecule has 1 unspecified atom stereocenters. The number of carbonyl (C=O) groups is 1. The van der Waals surface area contributed by atoms with Crippen LogP contribution in [-0.2, 0) is 28.4 Å². The monoisotopic (exact) mass is 394 g/mol. The zero-order valence-electron chi connectivity index (χ0n) is 17.8. The maximum Gasteiger partial charge on any atom is 0.211 e. The van der Waals surface area contributed by atoms with Gasteiger partial charge >= 0.3 is 0 Å². The van der Waals surface area contributed by atoms with Crippen molar-refractivity contribution < 1.29 is 14.3 Å². The third-order valence-corrected chi connectivity index (χ3v) is 7.97. The van der Waals surface area contributed by atoms with Crippen LogP contribution in [-0.4, -0.2) is 34.6 Å². The third-order valence-electron chi connectivity index (χ3n) is 7.97. The van der Waals surface area contributed by atoms with Gasteiger partial charge in [0.15, 0.2) is 5.79 Å². The number of nitrogens with zero attached hydrogens (tertiary/aromatic N) is 2. The molecule has 3 aliphatic rings. The van der Waals surface area contributed by atoms with Crippen molar-refractivity contribution in [2.75, 3.05) is 13.2 Å². The highest BCUT2D eigenvalue weighted by Crippen LogP contribution is 2.62. The van der Waals surface area contributed by atoms with E-state index in [2.05, 4.69) is 20.8 Å². The predicted molar refractivity (Wildman–Crippen MR) is 110 cm³/mol. The van der Waals surface area contributed by atoms with Crippen LogP contribution >= 0.6 is 0 Å². The van der Waals surface area contributed by atoms with Gasteiger partial charge < -0.3 is 9.47 Å². The van der Waals surface area contributed by atoms with Gasteiger partial charge in [-0.1, -0.05) is 51.1 Å². The summed E-state index contributed by atoms with van der Waals surface area (Å²) in [5.74, 6) is -0.0200. The summed E-state index contributed by atoms with van der Waals surface area (Å²) in [4.78, 5) is 13.3. The lowest BCUT2D eigenvalue weighted by Crippen LogP contribution is -2.61. The molecule has 5 nitrogen and oxygen atoms in total. The molecule has 154 valence electrons. The van der Waals surface area contributed by atoms with E-state index in [9.17, 15) is 4.79 Å². The van der Waals surface area contributed by atoms with Crippen LogP contribution in [0, 0.1) is 11.3 Å². The van der Waals surface area contributed by atoms with Gasteiger partial charge in [-0.2, -0.15) is 5.10 Å². The molecule has 1 saturated heterocycles. The number of benzene rings is 1. The molecule has 0 bridgehead atoms. The van der Waals surface area contributed by atoms with E-state index in [0.29, 0.717) is 19.1 Å². The van der Waals surface area contributed by atoms with Crippen molar-refractivity contribution in [3.8, 4) is 0 Å². The Balaban J connectivity index is 1.58. The van der Waals surface area contributed by atoms with Crippen LogP contribution in [0.5, 0.6) is 0 Å². The Morgan fingerprint density at radius 3 is 2.48 bits per heavy atom. The second-order valence-corrected chi connectivity index (χ2v) is 9.67. The van der Waals surface area contributed by atoms with Gasteiger partial charge in [0.2, 0.25) is 5.78 Å². The quantitative estimate of drug-likeness (QED) is 0.722. The van der Waals surface area contributed by atoms with Crippen molar-refractivity contribution in [3.63, 3.8) is 0 Å². The molecular formula is C24H30N2O3. The zero-order valence-corrected chi connectivity index (χ0v) is 17.8. The summed E-state index contributed by atoms with van der Waals surface area (Å²) in [6.45, 7) is 8.28. The maximum absolute atomic E-state index is 13.3. The van der Waals surface area contributed by atoms with Gasteiger partial charge in [-0.25, -0.2) is 0 Å². The highest BCUT2D eigenvalue weighted by molar-refractivity contribution is 6.09. The van der Waals surface area contributed by atoms with Crippen molar-refractivity contribution >= 4 is 5.78 Å². The molecule has 0 radical (unpaired) electrons. The average molecular weight is 395 g/mol. The maximum atomic E-state index is 13.3. The van der Waals surface area contributed by atoms with Crippen LogP contribution in [0.25, 0.3) is 0 Å². The Kier molecular flexibility index (Phi) is 4.10. The van der Waals surface area contributed by atoms with E-state index in [4.69, 9.17) is 14.6 Å². The molecule has 2 heterocycles. The van der Waals surface area contributed by atoms with Crippen molar-refractivity contribution in [1.82, 2.24) is 9.78 Å². The number of hydrogen-bond acceptors (Lipinski definition) is 4. The molecule has 1 aliphatic heterocycles. The number of ether oxygens (including phenoxy) is 2. The van der Waals surface area contributed by atoms with Crippen molar-refractivity contribution in [3.05, 3.63) is 52.8 Å². The van der Waals surface area contributed by atoms with E-state index in [1.807, 2.05) is 42.1 Å². The molecule has 1 aromatic heterocycles. The molecule has 5 rings (SSSR count). The first-order valence-corrected chi connectivity index (χ1v) is 10.7. The first kappa shape index (κ1) is 19.0. The second kappa shape index (κ2) is 6.26. The average Bonchev–Trinajstić information content (AvgIpc) is 3.32. The highest BCUT2D eigenvalue weighted by atomic mass is 16.7. The van der Waals surface area contributed by atoms with Gasteiger partial charge in [-0.15, -0.1) is 0 Å². The van der Waals surface area contributed by atoms with Gasteiger partial charge in [-0.05, 0) is 25.2 Å². The summed E-state index contributed by atoms with van der Waals surface area (Å²) in [6.07, 6.45) is 3.72. The minimum Gasteiger partial charge on any atom is -0.347 e. The molecule has 2 atom stereocenters. The van der Waals surface area contributed by atoms with Crippen LogP contribution < -0.4 is 0 Å². The van der Waals surface area contributed by atoms with E-state index in [1.54, 1.807) is 0 Å². The molecule has 5 heteroatoms. The Morgan fingerprint density at radius 1 is 1.10 bits per heavy atom. The number of carbonyl (C=O) groups excluding carboxylic acids is 1. The normalized spacial score (nSPS) is 29.4. The van der Waals surface area contributed by atoms with Gasteiger partial charge in [-0.3, -0.25) is 9.48 Å². The highest BCUT2D eigenvalue weighted by Gasteiger charge is 2.64. The van der Waals surface area contributed by atoms with Gasteiger partial charge in [0.05, 0.1) is 18.9 Å². The molecule has 2 fully saturated rings. The van der Waals surface area contributed by atoms with Gasteiger partial charge in [0.1, 0.15) is 5.69 Å². The van der Waals surface area contributed by atoms with Crippen LogP contribution in [0.1, 0.15) is 67.3 Å². The lowest BCUT2D eigenvalue weighted by molar-refractivity contribution is -0.276. The Morgan fingerprint density at radius 2 is 1.79 bits per heavy atom. The van der Waals surface area contributed by atoms with Gasteiger partial charge in [0, 0.05) is 35.4 Å². The van der Waals surface area contributed by atoms with E-state index < -0.39 is 5.79 Å². The van der Waals surface area contributed by atoms with E-state index >= 15 is 0 Å². The Bertz CT molecular complexity index is 956. The fourth-order valence-electron chi connectivity index (χ4n) is 6.48. The molecule has 2 aliphatic carbocycles. The molecule has 1 saturated carbocycles. The minimum absolute atomic E-state index is 0.0675. The fraction of sp³-hybridized carbons (Fsp3) is 0.583. The van der Waals surface area contributed by atoms with Crippen LogP contribution in [0.3, 0.4) is 0 Å². The van der Waals surface area contributed by atoms with Crippen molar-refractivity contribution in [1.29, 1.82) is 0 Å². The number of rotatable bonds is 2. The van der Waals surface area contributed by atoms with Crippen molar-refractivity contribution in [2.45, 2.75) is 57.7 Å². The molecule has 0 N–H and O–H groups in total. The summed E-state index contributed by atoms with van der Waals surface area (Å²) in [6, 6.07) is 9.54. The largest absolute Gasteiger partial charge is 0.347 e. The van der Waals surface area contributed by atoms with Gasteiger partial charge in [0.25, 0.3) is 0 Å². The standard InChI is InChI=1S/C24H30N2O3/c1-22(2)18-11-10-17-19(20(27)16-8-6-5-7-9-16)26(4)25-21(17)23(18,3)12-13-24(22)28-14-15-29-24/h5-9,18H,10-15H2,1-4H3/t18?,23-/m0/s1. The summed E-state index contributed by atoms with van der Waals surface area (Å²) in [5, 5.41) is 4.95. The molecule has 29 heavy (non-hydrogen) atoms. The molecule has 1 spiro atoms. The summed E-state index contributed by atoms with van der Waals surface area (Å²) in [5.41, 5.74) is 3.52. The van der Waals surface area contributed by atoms with Crippen LogP contribution in [0.4, 0.5) is 0 Å². The number of fused-ring (bicyclic) bond motifs is 3. The fourth-order valence-corrected chi connectivity index (χ4v) is 6.48. The predicted octanol–water partition coefficient (Wildman–Crippen LogP) is 4.03. The van der Waals surface area contributed by atoms with E-state index in [0.717, 1.165) is 48.2 Å². The summed E-state index contributed by atoms with van der Waals surface area (Å²) < 4.78 is 14.2. The number of hydrogen-bond donors (Lipinski definition) is 0. The van der Waals surface area contributed by atoms with Crippen LogP contribution in [0.15, 0.2) is 30.3 Å². The summed E-state index contributed by atoms with van der Waals surface area (Å²) in [7, 11) is 1.91. The smallest absolute Gasteiger partial charge is 0.211 e.